The third kappa shape index (κ3) is 2.64. The van der Waals surface area contributed by atoms with Crippen molar-refractivity contribution in [2.75, 3.05) is 0 Å². The molecule has 0 saturated carbocycles. The first-order valence-corrected chi connectivity index (χ1v) is 8.58. The molecule has 1 aliphatic heterocycles. The summed E-state index contributed by atoms with van der Waals surface area (Å²) >= 11 is 0. The maximum atomic E-state index is 12.9. The Morgan fingerprint density at radius 1 is 1.00 bits per heavy atom. The van der Waals surface area contributed by atoms with Gasteiger partial charge >= 0.3 is 0 Å². The lowest BCUT2D eigenvalue weighted by atomic mass is 9.94. The number of carbonyl (C=O) groups is 2. The molecule has 0 fully saturated rings. The van der Waals surface area contributed by atoms with E-state index in [4.69, 9.17) is 0 Å². The summed E-state index contributed by atoms with van der Waals surface area (Å²) in [7, 11) is 0. The average Bonchev–Trinajstić information content (AvgIpc) is 2.67. The zero-order valence-corrected chi connectivity index (χ0v) is 15.2. The van der Waals surface area contributed by atoms with E-state index in [-0.39, 0.29) is 22.2 Å². The maximum Gasteiger partial charge on any atom is 0.282 e. The molecule has 138 valence electrons. The van der Waals surface area contributed by atoms with E-state index >= 15 is 0 Å². The van der Waals surface area contributed by atoms with Crippen molar-refractivity contribution in [1.29, 1.82) is 0 Å². The number of benzene rings is 3. The second kappa shape index (κ2) is 6.38. The van der Waals surface area contributed by atoms with Gasteiger partial charge in [-0.05, 0) is 43.2 Å². The quantitative estimate of drug-likeness (QED) is 0.300. The van der Waals surface area contributed by atoms with Gasteiger partial charge in [0.15, 0.2) is 0 Å². The van der Waals surface area contributed by atoms with Crippen LogP contribution in [-0.2, 0) is 0 Å². The highest BCUT2D eigenvalue weighted by Crippen LogP contribution is 2.35. The molecular formula is C21H15N3O4. The van der Waals surface area contributed by atoms with Gasteiger partial charge < -0.3 is 0 Å². The van der Waals surface area contributed by atoms with E-state index in [1.165, 1.54) is 24.4 Å². The van der Waals surface area contributed by atoms with Crippen LogP contribution in [0.15, 0.2) is 53.6 Å². The van der Waals surface area contributed by atoms with E-state index < -0.39 is 16.7 Å². The van der Waals surface area contributed by atoms with Gasteiger partial charge in [-0.3, -0.25) is 19.7 Å². The number of carbonyl (C=O) groups excluding carboxylic acids is 2. The SMILES string of the molecule is Cc1ccc(C)c(C=NN2C(=O)c3cccc4c([N+](=O)[O-])ccc(c34)C2=O)c1. The molecule has 0 aromatic heterocycles. The van der Waals surface area contributed by atoms with Gasteiger partial charge in [0.2, 0.25) is 0 Å². The van der Waals surface area contributed by atoms with Gasteiger partial charge in [0, 0.05) is 11.5 Å². The van der Waals surface area contributed by atoms with Crippen LogP contribution in [0.25, 0.3) is 10.8 Å². The van der Waals surface area contributed by atoms with Crippen LogP contribution in [0, 0.1) is 24.0 Å². The standard InChI is InChI=1S/C21H15N3O4/c1-12-6-7-13(2)14(10-12)11-22-23-20(25)16-5-3-4-15-18(24(27)28)9-8-17(19(15)16)21(23)26/h3-11H,1-2H3. The fraction of sp³-hybridized carbons (Fsp3) is 0.0952. The number of rotatable bonds is 3. The largest absolute Gasteiger partial charge is 0.282 e. The van der Waals surface area contributed by atoms with Gasteiger partial charge in [-0.1, -0.05) is 29.8 Å². The number of hydrogen-bond acceptors (Lipinski definition) is 5. The molecule has 0 atom stereocenters. The fourth-order valence-electron chi connectivity index (χ4n) is 3.35. The first kappa shape index (κ1) is 17.5. The summed E-state index contributed by atoms with van der Waals surface area (Å²) in [6.07, 6.45) is 1.48. The molecular weight excluding hydrogens is 358 g/mol. The number of imide groups is 1. The highest BCUT2D eigenvalue weighted by atomic mass is 16.6. The predicted molar refractivity (Wildman–Crippen MR) is 105 cm³/mol. The molecule has 3 aromatic rings. The minimum absolute atomic E-state index is 0.145. The normalized spacial score (nSPS) is 13.6. The molecule has 1 heterocycles. The van der Waals surface area contributed by atoms with E-state index in [0.29, 0.717) is 5.39 Å². The Labute approximate surface area is 160 Å². The Morgan fingerprint density at radius 2 is 1.71 bits per heavy atom. The Hall–Kier alpha value is -3.87. The molecule has 0 N–H and O–H groups in total. The number of amides is 2. The lowest BCUT2D eigenvalue weighted by Gasteiger charge is -2.23. The third-order valence-corrected chi connectivity index (χ3v) is 4.81. The Kier molecular flexibility index (Phi) is 4.00. The van der Waals surface area contributed by atoms with Crippen molar-refractivity contribution in [2.24, 2.45) is 5.10 Å². The predicted octanol–water partition coefficient (Wildman–Crippen LogP) is 3.99. The minimum Gasteiger partial charge on any atom is -0.267 e. The maximum absolute atomic E-state index is 12.9. The van der Waals surface area contributed by atoms with Crippen LogP contribution in [0.2, 0.25) is 0 Å². The minimum atomic E-state index is -0.606. The summed E-state index contributed by atoms with van der Waals surface area (Å²) in [5.41, 5.74) is 3.08. The zero-order valence-electron chi connectivity index (χ0n) is 15.2. The number of nitrogens with zero attached hydrogens (tertiary/aromatic N) is 3. The summed E-state index contributed by atoms with van der Waals surface area (Å²) in [6, 6.07) is 13.1. The zero-order chi connectivity index (χ0) is 20.0. The third-order valence-electron chi connectivity index (χ3n) is 4.81. The van der Waals surface area contributed by atoms with E-state index in [9.17, 15) is 19.7 Å². The molecule has 7 nitrogen and oxygen atoms in total. The van der Waals surface area contributed by atoms with Gasteiger partial charge in [-0.25, -0.2) is 0 Å². The Balaban J connectivity index is 1.84. The van der Waals surface area contributed by atoms with Crippen molar-refractivity contribution in [1.82, 2.24) is 5.01 Å². The molecule has 0 unspecified atom stereocenters. The molecule has 0 spiro atoms. The Morgan fingerprint density at radius 3 is 2.43 bits per heavy atom. The van der Waals surface area contributed by atoms with Crippen LogP contribution in [0.4, 0.5) is 5.69 Å². The molecule has 7 heteroatoms. The smallest absolute Gasteiger partial charge is 0.267 e. The summed E-state index contributed by atoms with van der Waals surface area (Å²) in [5.74, 6) is -1.21. The highest BCUT2D eigenvalue weighted by Gasteiger charge is 2.34. The molecule has 4 rings (SSSR count). The summed E-state index contributed by atoms with van der Waals surface area (Å²) in [6.45, 7) is 3.85. The molecule has 0 bridgehead atoms. The van der Waals surface area contributed by atoms with Crippen molar-refractivity contribution in [3.8, 4) is 0 Å². The van der Waals surface area contributed by atoms with Crippen molar-refractivity contribution >= 4 is 34.5 Å². The van der Waals surface area contributed by atoms with Crippen LogP contribution in [0.3, 0.4) is 0 Å². The fourth-order valence-corrected chi connectivity index (χ4v) is 3.35. The number of nitro benzene ring substituents is 1. The number of nitro groups is 1. The van der Waals surface area contributed by atoms with Gasteiger partial charge in [-0.2, -0.15) is 10.1 Å². The number of non-ortho nitro benzene ring substituents is 1. The molecule has 2 amide bonds. The van der Waals surface area contributed by atoms with Crippen LogP contribution < -0.4 is 0 Å². The van der Waals surface area contributed by atoms with Crippen LogP contribution in [0.1, 0.15) is 37.4 Å². The van der Waals surface area contributed by atoms with E-state index in [1.54, 1.807) is 12.1 Å². The van der Waals surface area contributed by atoms with Crippen LogP contribution >= 0.6 is 0 Å². The molecule has 3 aromatic carbocycles. The van der Waals surface area contributed by atoms with Gasteiger partial charge in [0.1, 0.15) is 0 Å². The molecule has 0 radical (unpaired) electrons. The second-order valence-electron chi connectivity index (χ2n) is 6.64. The number of hydrogen-bond donors (Lipinski definition) is 0. The first-order chi connectivity index (χ1) is 13.4. The summed E-state index contributed by atoms with van der Waals surface area (Å²) in [4.78, 5) is 36.5. The van der Waals surface area contributed by atoms with Gasteiger partial charge in [0.25, 0.3) is 17.5 Å². The topological polar surface area (TPSA) is 92.9 Å². The second-order valence-corrected chi connectivity index (χ2v) is 6.64. The number of aryl methyl sites for hydroxylation is 2. The van der Waals surface area contributed by atoms with Crippen LogP contribution in [-0.4, -0.2) is 28.0 Å². The lowest BCUT2D eigenvalue weighted by Crippen LogP contribution is -2.36. The summed E-state index contributed by atoms with van der Waals surface area (Å²) in [5, 5.41) is 16.8. The van der Waals surface area contributed by atoms with Gasteiger partial charge in [0.05, 0.1) is 27.7 Å². The highest BCUT2D eigenvalue weighted by molar-refractivity contribution is 6.26. The van der Waals surface area contributed by atoms with Crippen molar-refractivity contribution < 1.29 is 14.5 Å². The lowest BCUT2D eigenvalue weighted by molar-refractivity contribution is -0.383. The molecule has 0 saturated heterocycles. The van der Waals surface area contributed by atoms with Crippen molar-refractivity contribution in [3.63, 3.8) is 0 Å². The Bertz CT molecular complexity index is 1190. The number of hydrazone groups is 1. The molecule has 28 heavy (non-hydrogen) atoms. The van der Waals surface area contributed by atoms with E-state index in [1.807, 2.05) is 32.0 Å². The monoisotopic (exact) mass is 373 g/mol. The van der Waals surface area contributed by atoms with Gasteiger partial charge in [-0.15, -0.1) is 0 Å². The van der Waals surface area contributed by atoms with Crippen molar-refractivity contribution in [2.45, 2.75) is 13.8 Å². The van der Waals surface area contributed by atoms with Crippen molar-refractivity contribution in [3.05, 3.63) is 86.5 Å². The average molecular weight is 373 g/mol. The summed E-state index contributed by atoms with van der Waals surface area (Å²) < 4.78 is 0. The molecule has 1 aliphatic rings. The first-order valence-electron chi connectivity index (χ1n) is 8.58. The molecule has 0 aliphatic carbocycles. The van der Waals surface area contributed by atoms with Crippen LogP contribution in [0.5, 0.6) is 0 Å². The van der Waals surface area contributed by atoms with E-state index in [2.05, 4.69) is 5.10 Å². The van der Waals surface area contributed by atoms with E-state index in [0.717, 1.165) is 21.7 Å².